The zero-order valence-electron chi connectivity index (χ0n) is 12.5. The first-order chi connectivity index (χ1) is 9.69. The second kappa shape index (κ2) is 6.75. The number of benzene rings is 1. The van der Waals surface area contributed by atoms with Gasteiger partial charge in [-0.3, -0.25) is 4.90 Å². The number of aldehydes is 1. The van der Waals surface area contributed by atoms with Gasteiger partial charge in [0.2, 0.25) is 0 Å². The van der Waals surface area contributed by atoms with Gasteiger partial charge in [0.25, 0.3) is 0 Å². The van der Waals surface area contributed by atoms with Crippen LogP contribution in [0.15, 0.2) is 18.2 Å². The molecule has 2 atom stereocenters. The van der Waals surface area contributed by atoms with Gasteiger partial charge >= 0.3 is 0 Å². The van der Waals surface area contributed by atoms with Crippen molar-refractivity contribution in [2.75, 3.05) is 27.3 Å². The minimum absolute atomic E-state index is 0.173. The molecule has 110 valence electrons. The van der Waals surface area contributed by atoms with E-state index in [4.69, 9.17) is 9.47 Å². The van der Waals surface area contributed by atoms with E-state index in [1.54, 1.807) is 14.2 Å². The molecule has 4 nitrogen and oxygen atoms in total. The van der Waals surface area contributed by atoms with E-state index in [2.05, 4.69) is 17.9 Å². The Bertz CT molecular complexity index is 461. The molecule has 1 aliphatic rings. The minimum Gasteiger partial charge on any atom is -0.493 e. The third kappa shape index (κ3) is 3.12. The molecule has 20 heavy (non-hydrogen) atoms. The lowest BCUT2D eigenvalue weighted by molar-refractivity contribution is -0.112. The Kier molecular flexibility index (Phi) is 5.01. The molecule has 0 amide bonds. The van der Waals surface area contributed by atoms with Gasteiger partial charge in [-0.25, -0.2) is 0 Å². The van der Waals surface area contributed by atoms with Crippen LogP contribution >= 0.6 is 0 Å². The summed E-state index contributed by atoms with van der Waals surface area (Å²) in [6, 6.07) is 6.30. The van der Waals surface area contributed by atoms with Crippen LogP contribution in [0, 0.1) is 5.92 Å². The first-order valence-corrected chi connectivity index (χ1v) is 7.10. The highest BCUT2D eigenvalue weighted by atomic mass is 16.5. The second-order valence-corrected chi connectivity index (χ2v) is 5.32. The minimum atomic E-state index is 0.173. The Morgan fingerprint density at radius 1 is 1.30 bits per heavy atom. The van der Waals surface area contributed by atoms with Crippen LogP contribution in [0.1, 0.15) is 31.4 Å². The van der Waals surface area contributed by atoms with Crippen molar-refractivity contribution in [2.24, 2.45) is 5.92 Å². The fourth-order valence-electron chi connectivity index (χ4n) is 2.83. The van der Waals surface area contributed by atoms with Gasteiger partial charge in [0.05, 0.1) is 14.2 Å². The molecule has 0 N–H and O–H groups in total. The number of hydrogen-bond acceptors (Lipinski definition) is 4. The van der Waals surface area contributed by atoms with Crippen molar-refractivity contribution in [3.8, 4) is 11.5 Å². The van der Waals surface area contributed by atoms with Crippen molar-refractivity contribution < 1.29 is 14.3 Å². The first-order valence-electron chi connectivity index (χ1n) is 7.10. The van der Waals surface area contributed by atoms with Crippen LogP contribution in [0.4, 0.5) is 0 Å². The van der Waals surface area contributed by atoms with Gasteiger partial charge in [-0.2, -0.15) is 0 Å². The summed E-state index contributed by atoms with van der Waals surface area (Å²) in [6.45, 7) is 4.06. The van der Waals surface area contributed by atoms with E-state index in [1.807, 2.05) is 12.1 Å². The van der Waals surface area contributed by atoms with Crippen LogP contribution in [-0.4, -0.2) is 38.5 Å². The fraction of sp³-hybridized carbons (Fsp3) is 0.562. The largest absolute Gasteiger partial charge is 0.493 e. The maximum atomic E-state index is 11.0. The van der Waals surface area contributed by atoms with Gasteiger partial charge in [0.1, 0.15) is 6.29 Å². The molecular weight excluding hydrogens is 254 g/mol. The van der Waals surface area contributed by atoms with Crippen LogP contribution in [-0.2, 0) is 4.79 Å². The predicted molar refractivity (Wildman–Crippen MR) is 78.3 cm³/mol. The molecule has 1 aliphatic heterocycles. The summed E-state index contributed by atoms with van der Waals surface area (Å²) in [5.41, 5.74) is 1.19. The lowest BCUT2D eigenvalue weighted by Crippen LogP contribution is -2.37. The number of ether oxygens (including phenoxy) is 2. The molecule has 4 heteroatoms. The molecule has 1 heterocycles. The number of piperidine rings is 1. The molecular formula is C16H23NO3. The van der Waals surface area contributed by atoms with Crippen LogP contribution in [0.25, 0.3) is 0 Å². The van der Waals surface area contributed by atoms with Crippen molar-refractivity contribution in [3.05, 3.63) is 23.8 Å². The zero-order chi connectivity index (χ0) is 14.5. The summed E-state index contributed by atoms with van der Waals surface area (Å²) in [6.07, 6.45) is 3.19. The molecule has 0 aliphatic carbocycles. The summed E-state index contributed by atoms with van der Waals surface area (Å²) in [4.78, 5) is 13.4. The molecule has 1 saturated heterocycles. The number of likely N-dealkylation sites (tertiary alicyclic amines) is 1. The van der Waals surface area contributed by atoms with Gasteiger partial charge in [-0.05, 0) is 44.0 Å². The average Bonchev–Trinajstić information content (AvgIpc) is 2.53. The van der Waals surface area contributed by atoms with Crippen LogP contribution in [0.2, 0.25) is 0 Å². The van der Waals surface area contributed by atoms with Gasteiger partial charge in [0, 0.05) is 18.5 Å². The number of rotatable bonds is 5. The Labute approximate surface area is 120 Å². The van der Waals surface area contributed by atoms with E-state index in [-0.39, 0.29) is 12.0 Å². The summed E-state index contributed by atoms with van der Waals surface area (Å²) in [7, 11) is 3.29. The first kappa shape index (κ1) is 14.9. The molecule has 1 fully saturated rings. The van der Waals surface area contributed by atoms with Crippen molar-refractivity contribution in [3.63, 3.8) is 0 Å². The Balaban J connectivity index is 2.15. The molecule has 2 rings (SSSR count). The lowest BCUT2D eigenvalue weighted by Gasteiger charge is -2.35. The summed E-state index contributed by atoms with van der Waals surface area (Å²) >= 11 is 0. The molecule has 0 aromatic heterocycles. The Morgan fingerprint density at radius 3 is 2.70 bits per heavy atom. The van der Waals surface area contributed by atoms with Crippen LogP contribution < -0.4 is 9.47 Å². The van der Waals surface area contributed by atoms with Crippen LogP contribution in [0.3, 0.4) is 0 Å². The van der Waals surface area contributed by atoms with E-state index >= 15 is 0 Å². The zero-order valence-corrected chi connectivity index (χ0v) is 12.5. The van der Waals surface area contributed by atoms with Crippen molar-refractivity contribution in [2.45, 2.75) is 25.8 Å². The summed E-state index contributed by atoms with van der Waals surface area (Å²) < 4.78 is 10.6. The topological polar surface area (TPSA) is 38.8 Å². The molecule has 0 saturated carbocycles. The highest BCUT2D eigenvalue weighted by molar-refractivity contribution is 5.54. The maximum absolute atomic E-state index is 11.0. The third-order valence-electron chi connectivity index (χ3n) is 4.12. The summed E-state index contributed by atoms with van der Waals surface area (Å²) in [5.74, 6) is 1.67. The van der Waals surface area contributed by atoms with Crippen molar-refractivity contribution in [1.29, 1.82) is 0 Å². The maximum Gasteiger partial charge on any atom is 0.161 e. The number of methoxy groups -OCH3 is 2. The van der Waals surface area contributed by atoms with E-state index in [9.17, 15) is 4.79 Å². The van der Waals surface area contributed by atoms with E-state index in [1.165, 1.54) is 5.56 Å². The van der Waals surface area contributed by atoms with Gasteiger partial charge in [-0.1, -0.05) is 6.07 Å². The van der Waals surface area contributed by atoms with Crippen LogP contribution in [0.5, 0.6) is 11.5 Å². The summed E-state index contributed by atoms with van der Waals surface area (Å²) in [5, 5.41) is 0. The second-order valence-electron chi connectivity index (χ2n) is 5.32. The smallest absolute Gasteiger partial charge is 0.161 e. The average molecular weight is 277 g/mol. The van der Waals surface area contributed by atoms with E-state index < -0.39 is 0 Å². The standard InChI is InChI=1S/C16H23NO3/c1-12(17-8-4-5-13(10-17)11-18)14-6-7-15(19-2)16(9-14)20-3/h6-7,9,11-13H,4-5,8,10H2,1-3H3. The molecule has 1 aromatic carbocycles. The van der Waals surface area contributed by atoms with Gasteiger partial charge in [0.15, 0.2) is 11.5 Å². The predicted octanol–water partition coefficient (Wildman–Crippen LogP) is 2.68. The van der Waals surface area contributed by atoms with E-state index in [0.29, 0.717) is 0 Å². The molecule has 2 unspecified atom stereocenters. The number of carbonyl (C=O) groups is 1. The number of nitrogens with zero attached hydrogens (tertiary/aromatic N) is 1. The molecule has 0 bridgehead atoms. The van der Waals surface area contributed by atoms with Gasteiger partial charge < -0.3 is 14.3 Å². The fourth-order valence-corrected chi connectivity index (χ4v) is 2.83. The van der Waals surface area contributed by atoms with E-state index in [0.717, 1.165) is 43.7 Å². The molecule has 1 aromatic rings. The highest BCUT2D eigenvalue weighted by Gasteiger charge is 2.24. The Morgan fingerprint density at radius 2 is 2.05 bits per heavy atom. The lowest BCUT2D eigenvalue weighted by atomic mass is 9.96. The Hall–Kier alpha value is -1.55. The molecule has 0 radical (unpaired) electrons. The highest BCUT2D eigenvalue weighted by Crippen LogP contribution is 2.33. The van der Waals surface area contributed by atoms with Gasteiger partial charge in [-0.15, -0.1) is 0 Å². The quantitative estimate of drug-likeness (QED) is 0.776. The SMILES string of the molecule is COc1ccc(C(C)N2CCCC(C=O)C2)cc1OC. The third-order valence-corrected chi connectivity index (χ3v) is 4.12. The van der Waals surface area contributed by atoms with Crippen molar-refractivity contribution >= 4 is 6.29 Å². The number of hydrogen-bond donors (Lipinski definition) is 0. The normalized spacial score (nSPS) is 21.2. The van der Waals surface area contributed by atoms with Crippen molar-refractivity contribution in [1.82, 2.24) is 4.90 Å². The number of carbonyl (C=O) groups excluding carboxylic acids is 1. The molecule has 0 spiro atoms. The monoisotopic (exact) mass is 277 g/mol.